The maximum absolute atomic E-state index is 12.4. The van der Waals surface area contributed by atoms with E-state index in [1.165, 1.54) is 0 Å². The summed E-state index contributed by atoms with van der Waals surface area (Å²) in [6.45, 7) is 3.35. The second kappa shape index (κ2) is 7.17. The van der Waals surface area contributed by atoms with Crippen molar-refractivity contribution in [2.45, 2.75) is 12.2 Å². The van der Waals surface area contributed by atoms with Crippen LogP contribution >= 0.6 is 0 Å². The van der Waals surface area contributed by atoms with E-state index in [-0.39, 0.29) is 12.4 Å². The second-order valence-electron chi connectivity index (χ2n) is 5.06. The summed E-state index contributed by atoms with van der Waals surface area (Å²) in [4.78, 5) is 2.11. The molecule has 1 heterocycles. The highest BCUT2D eigenvalue weighted by Crippen LogP contribution is 2.13. The lowest BCUT2D eigenvalue weighted by atomic mass is 10.2. The van der Waals surface area contributed by atoms with Crippen molar-refractivity contribution in [1.29, 1.82) is 0 Å². The van der Waals surface area contributed by atoms with Gasteiger partial charge in [-0.2, -0.15) is 0 Å². The molecule has 1 saturated heterocycles. The smallest absolute Gasteiger partial charge is 0.218 e. The fourth-order valence-electron chi connectivity index (χ4n) is 2.47. The van der Waals surface area contributed by atoms with E-state index in [1.54, 1.807) is 4.31 Å². The zero-order valence-corrected chi connectivity index (χ0v) is 12.4. The highest BCUT2D eigenvalue weighted by atomic mass is 32.2. The standard InChI is InChI=1S/C14H22N2O3S/c17-12-11-15-7-4-8-16(10-9-15)20(18,19)13-14-5-2-1-3-6-14/h1-3,5-6,17H,4,7-13H2. The van der Waals surface area contributed by atoms with Gasteiger partial charge < -0.3 is 5.11 Å². The van der Waals surface area contributed by atoms with E-state index in [9.17, 15) is 8.42 Å². The van der Waals surface area contributed by atoms with Gasteiger partial charge in [-0.15, -0.1) is 0 Å². The topological polar surface area (TPSA) is 60.9 Å². The molecule has 6 heteroatoms. The van der Waals surface area contributed by atoms with Gasteiger partial charge in [-0.1, -0.05) is 30.3 Å². The fourth-order valence-corrected chi connectivity index (χ4v) is 4.03. The third kappa shape index (κ3) is 4.28. The first-order chi connectivity index (χ1) is 9.62. The van der Waals surface area contributed by atoms with Gasteiger partial charge in [0.1, 0.15) is 0 Å². The average molecular weight is 298 g/mol. The number of hydrogen-bond donors (Lipinski definition) is 1. The van der Waals surface area contributed by atoms with Gasteiger partial charge in [0, 0.05) is 26.2 Å². The molecule has 0 radical (unpaired) electrons. The molecule has 1 fully saturated rings. The minimum Gasteiger partial charge on any atom is -0.395 e. The van der Waals surface area contributed by atoms with E-state index in [1.807, 2.05) is 30.3 Å². The van der Waals surface area contributed by atoms with Crippen LogP contribution in [0.25, 0.3) is 0 Å². The monoisotopic (exact) mass is 298 g/mol. The largest absolute Gasteiger partial charge is 0.395 e. The molecule has 1 aromatic rings. The SMILES string of the molecule is O=S(=O)(Cc1ccccc1)N1CCCN(CCO)CC1. The molecule has 2 rings (SSSR count). The number of aliphatic hydroxyl groups is 1. The van der Waals surface area contributed by atoms with Crippen molar-refractivity contribution < 1.29 is 13.5 Å². The molecule has 0 bridgehead atoms. The van der Waals surface area contributed by atoms with Gasteiger partial charge in [0.05, 0.1) is 12.4 Å². The number of β-amino-alcohol motifs (C(OH)–C–C–N with tert-alkyl or cyclic N) is 1. The van der Waals surface area contributed by atoms with Crippen molar-refractivity contribution in [3.8, 4) is 0 Å². The van der Waals surface area contributed by atoms with Gasteiger partial charge in [-0.25, -0.2) is 12.7 Å². The van der Waals surface area contributed by atoms with Crippen molar-refractivity contribution in [1.82, 2.24) is 9.21 Å². The van der Waals surface area contributed by atoms with E-state index < -0.39 is 10.0 Å². The molecule has 112 valence electrons. The molecular formula is C14H22N2O3S. The van der Waals surface area contributed by atoms with Crippen LogP contribution in [0.4, 0.5) is 0 Å². The summed E-state index contributed by atoms with van der Waals surface area (Å²) in [5.41, 5.74) is 0.823. The molecule has 0 atom stereocenters. The number of aliphatic hydroxyl groups excluding tert-OH is 1. The van der Waals surface area contributed by atoms with Crippen molar-refractivity contribution in [3.63, 3.8) is 0 Å². The third-order valence-electron chi connectivity index (χ3n) is 3.55. The molecule has 1 aromatic carbocycles. The zero-order valence-electron chi connectivity index (χ0n) is 11.6. The first-order valence-corrected chi connectivity index (χ1v) is 8.58. The van der Waals surface area contributed by atoms with Crippen molar-refractivity contribution in [2.24, 2.45) is 0 Å². The molecule has 0 saturated carbocycles. The van der Waals surface area contributed by atoms with E-state index in [0.29, 0.717) is 26.2 Å². The van der Waals surface area contributed by atoms with Gasteiger partial charge >= 0.3 is 0 Å². The summed E-state index contributed by atoms with van der Waals surface area (Å²) in [6, 6.07) is 9.28. The first-order valence-electron chi connectivity index (χ1n) is 6.97. The van der Waals surface area contributed by atoms with Gasteiger partial charge in [0.15, 0.2) is 0 Å². The first kappa shape index (κ1) is 15.4. The Labute approximate surface area is 120 Å². The van der Waals surface area contributed by atoms with Crippen molar-refractivity contribution in [2.75, 3.05) is 39.3 Å². The van der Waals surface area contributed by atoms with Gasteiger partial charge in [0.2, 0.25) is 10.0 Å². The van der Waals surface area contributed by atoms with Crippen LogP contribution in [0.5, 0.6) is 0 Å². The molecule has 5 nitrogen and oxygen atoms in total. The Kier molecular flexibility index (Phi) is 5.54. The average Bonchev–Trinajstić information content (AvgIpc) is 2.66. The highest BCUT2D eigenvalue weighted by Gasteiger charge is 2.25. The van der Waals surface area contributed by atoms with Crippen LogP contribution in [0.3, 0.4) is 0 Å². The summed E-state index contributed by atoms with van der Waals surface area (Å²) < 4.78 is 26.4. The van der Waals surface area contributed by atoms with Crippen molar-refractivity contribution >= 4 is 10.0 Å². The number of rotatable bonds is 5. The number of sulfonamides is 1. The molecule has 0 amide bonds. The van der Waals surface area contributed by atoms with Crippen LogP contribution in [0.2, 0.25) is 0 Å². The molecule has 20 heavy (non-hydrogen) atoms. The summed E-state index contributed by atoms with van der Waals surface area (Å²) in [5, 5.41) is 8.96. The van der Waals surface area contributed by atoms with E-state index >= 15 is 0 Å². The lowest BCUT2D eigenvalue weighted by Gasteiger charge is -2.21. The molecule has 0 unspecified atom stereocenters. The molecule has 1 aliphatic heterocycles. The van der Waals surface area contributed by atoms with E-state index in [0.717, 1.165) is 18.5 Å². The second-order valence-corrected chi connectivity index (χ2v) is 7.03. The zero-order chi connectivity index (χ0) is 14.4. The van der Waals surface area contributed by atoms with Gasteiger partial charge in [0.25, 0.3) is 0 Å². The van der Waals surface area contributed by atoms with Gasteiger partial charge in [-0.3, -0.25) is 4.90 Å². The number of hydrogen-bond acceptors (Lipinski definition) is 4. The molecular weight excluding hydrogens is 276 g/mol. The minimum absolute atomic E-state index is 0.0633. The predicted molar refractivity (Wildman–Crippen MR) is 78.8 cm³/mol. The molecule has 0 aromatic heterocycles. The van der Waals surface area contributed by atoms with Crippen LogP contribution in [0, 0.1) is 0 Å². The van der Waals surface area contributed by atoms with Crippen LogP contribution in [-0.2, 0) is 15.8 Å². The lowest BCUT2D eigenvalue weighted by Crippen LogP contribution is -2.36. The summed E-state index contributed by atoms with van der Waals surface area (Å²) >= 11 is 0. The third-order valence-corrected chi connectivity index (χ3v) is 5.40. The minimum atomic E-state index is -3.25. The molecule has 0 spiro atoms. The van der Waals surface area contributed by atoms with Crippen LogP contribution in [0.15, 0.2) is 30.3 Å². The molecule has 1 aliphatic rings. The summed E-state index contributed by atoms with van der Waals surface area (Å²) in [6.07, 6.45) is 0.814. The Morgan fingerprint density at radius 3 is 2.50 bits per heavy atom. The lowest BCUT2D eigenvalue weighted by molar-refractivity contribution is 0.202. The van der Waals surface area contributed by atoms with Crippen LogP contribution in [0.1, 0.15) is 12.0 Å². The van der Waals surface area contributed by atoms with Crippen LogP contribution in [-0.4, -0.2) is 62.1 Å². The van der Waals surface area contributed by atoms with Gasteiger partial charge in [-0.05, 0) is 18.5 Å². The van der Waals surface area contributed by atoms with E-state index in [4.69, 9.17) is 5.11 Å². The Morgan fingerprint density at radius 1 is 1.05 bits per heavy atom. The Bertz CT molecular complexity index is 504. The molecule has 1 N–H and O–H groups in total. The Hall–Kier alpha value is -0.950. The normalized spacial score (nSPS) is 18.9. The Morgan fingerprint density at radius 2 is 1.80 bits per heavy atom. The number of nitrogens with zero attached hydrogens (tertiary/aromatic N) is 2. The predicted octanol–water partition coefficient (Wildman–Crippen LogP) is 0.516. The van der Waals surface area contributed by atoms with E-state index in [2.05, 4.69) is 4.90 Å². The Balaban J connectivity index is 1.99. The van der Waals surface area contributed by atoms with Crippen LogP contribution < -0.4 is 0 Å². The maximum atomic E-state index is 12.4. The fraction of sp³-hybridized carbons (Fsp3) is 0.571. The number of benzene rings is 1. The quantitative estimate of drug-likeness (QED) is 0.861. The van der Waals surface area contributed by atoms with Crippen molar-refractivity contribution in [3.05, 3.63) is 35.9 Å². The summed E-state index contributed by atoms with van der Waals surface area (Å²) in [7, 11) is -3.25. The molecule has 0 aliphatic carbocycles. The highest BCUT2D eigenvalue weighted by molar-refractivity contribution is 7.88. The summed E-state index contributed by atoms with van der Waals surface area (Å²) in [5.74, 6) is 0.0633. The maximum Gasteiger partial charge on any atom is 0.218 e.